The summed E-state index contributed by atoms with van der Waals surface area (Å²) in [6, 6.07) is 7.83. The number of esters is 1. The molecule has 164 valence electrons. The van der Waals surface area contributed by atoms with Crippen LogP contribution >= 0.6 is 0 Å². The van der Waals surface area contributed by atoms with Crippen LogP contribution < -0.4 is 4.74 Å². The van der Waals surface area contributed by atoms with Gasteiger partial charge in [0.25, 0.3) is 0 Å². The lowest BCUT2D eigenvalue weighted by molar-refractivity contribution is -0.140. The van der Waals surface area contributed by atoms with E-state index < -0.39 is 0 Å². The average molecular weight is 407 g/mol. The molecule has 1 saturated heterocycles. The molecule has 29 heavy (non-hydrogen) atoms. The molecule has 2 rings (SSSR count). The maximum absolute atomic E-state index is 12.6. The van der Waals surface area contributed by atoms with Gasteiger partial charge in [-0.15, -0.1) is 0 Å². The number of likely N-dealkylation sites (N-methyl/N-ethyl adjacent to an activating group) is 1. The Kier molecular flexibility index (Phi) is 10.6. The summed E-state index contributed by atoms with van der Waals surface area (Å²) in [5, 5.41) is 0. The summed E-state index contributed by atoms with van der Waals surface area (Å²) >= 11 is 0. The molecule has 2 unspecified atom stereocenters. The third-order valence-corrected chi connectivity index (χ3v) is 5.73. The number of carbonyl (C=O) groups is 1. The van der Waals surface area contributed by atoms with Crippen LogP contribution in [0.5, 0.6) is 5.75 Å². The number of hydrogen-bond acceptors (Lipinski definition) is 6. The summed E-state index contributed by atoms with van der Waals surface area (Å²) in [6.07, 6.45) is 2.79. The summed E-state index contributed by atoms with van der Waals surface area (Å²) in [7, 11) is 3.30. The van der Waals surface area contributed by atoms with Gasteiger partial charge >= 0.3 is 5.97 Å². The molecule has 1 heterocycles. The lowest BCUT2D eigenvalue weighted by Crippen LogP contribution is -2.45. The van der Waals surface area contributed by atoms with Crippen molar-refractivity contribution in [3.63, 3.8) is 0 Å². The van der Waals surface area contributed by atoms with E-state index in [4.69, 9.17) is 14.2 Å². The van der Waals surface area contributed by atoms with Crippen LogP contribution in [0.15, 0.2) is 24.3 Å². The average Bonchev–Trinajstić information content (AvgIpc) is 2.75. The van der Waals surface area contributed by atoms with Crippen LogP contribution in [0.1, 0.15) is 45.1 Å². The molecule has 1 aliphatic rings. The topological polar surface area (TPSA) is 51.2 Å². The molecule has 0 saturated carbocycles. The van der Waals surface area contributed by atoms with Gasteiger partial charge < -0.3 is 19.1 Å². The summed E-state index contributed by atoms with van der Waals surface area (Å²) in [5.41, 5.74) is 1.05. The third kappa shape index (κ3) is 7.70. The molecule has 0 bridgehead atoms. The van der Waals surface area contributed by atoms with Crippen molar-refractivity contribution in [3.05, 3.63) is 29.8 Å². The monoisotopic (exact) mass is 406 g/mol. The second kappa shape index (κ2) is 13.0. The van der Waals surface area contributed by atoms with Crippen molar-refractivity contribution in [1.82, 2.24) is 9.80 Å². The van der Waals surface area contributed by atoms with Crippen molar-refractivity contribution in [1.29, 1.82) is 0 Å². The van der Waals surface area contributed by atoms with E-state index in [-0.39, 0.29) is 24.6 Å². The van der Waals surface area contributed by atoms with E-state index in [0.717, 1.165) is 64.1 Å². The SMILES string of the molecule is CCCCC(OC)C(CC(=O)Oc1ccccc1CN1CCN(CC)CC1)OC. The van der Waals surface area contributed by atoms with E-state index in [1.165, 1.54) is 0 Å². The van der Waals surface area contributed by atoms with Crippen molar-refractivity contribution in [2.75, 3.05) is 46.9 Å². The summed E-state index contributed by atoms with van der Waals surface area (Å²) in [4.78, 5) is 17.5. The predicted molar refractivity (Wildman–Crippen MR) is 115 cm³/mol. The second-order valence-corrected chi connectivity index (χ2v) is 7.69. The Bertz CT molecular complexity index is 602. The van der Waals surface area contributed by atoms with Crippen molar-refractivity contribution in [2.24, 2.45) is 0 Å². The van der Waals surface area contributed by atoms with Gasteiger partial charge in [-0.25, -0.2) is 0 Å². The number of para-hydroxylation sites is 1. The van der Waals surface area contributed by atoms with Gasteiger partial charge in [0.2, 0.25) is 0 Å². The molecule has 2 atom stereocenters. The molecule has 1 aromatic rings. The Hall–Kier alpha value is -1.47. The van der Waals surface area contributed by atoms with Gasteiger partial charge in [0.15, 0.2) is 0 Å². The highest BCUT2D eigenvalue weighted by atomic mass is 16.5. The minimum Gasteiger partial charge on any atom is -0.426 e. The number of benzene rings is 1. The highest BCUT2D eigenvalue weighted by Gasteiger charge is 2.25. The highest BCUT2D eigenvalue weighted by molar-refractivity contribution is 5.73. The Morgan fingerprint density at radius 3 is 2.28 bits per heavy atom. The minimum atomic E-state index is -0.298. The van der Waals surface area contributed by atoms with E-state index >= 15 is 0 Å². The van der Waals surface area contributed by atoms with Gasteiger partial charge in [0.05, 0.1) is 18.6 Å². The van der Waals surface area contributed by atoms with Crippen LogP contribution in [0.4, 0.5) is 0 Å². The fraction of sp³-hybridized carbons (Fsp3) is 0.696. The zero-order chi connectivity index (χ0) is 21.1. The number of piperazine rings is 1. The molecule has 0 spiro atoms. The molecule has 0 N–H and O–H groups in total. The van der Waals surface area contributed by atoms with Gasteiger partial charge in [-0.3, -0.25) is 9.69 Å². The van der Waals surface area contributed by atoms with Gasteiger partial charge in [-0.1, -0.05) is 44.9 Å². The molecule has 6 heteroatoms. The van der Waals surface area contributed by atoms with Crippen molar-refractivity contribution < 1.29 is 19.0 Å². The van der Waals surface area contributed by atoms with Crippen molar-refractivity contribution in [2.45, 2.75) is 58.3 Å². The smallest absolute Gasteiger partial charge is 0.313 e. The quantitative estimate of drug-likeness (QED) is 0.392. The maximum Gasteiger partial charge on any atom is 0.313 e. The highest BCUT2D eigenvalue weighted by Crippen LogP contribution is 2.22. The number of rotatable bonds is 12. The first-order valence-electron chi connectivity index (χ1n) is 10.9. The van der Waals surface area contributed by atoms with Gasteiger partial charge in [0.1, 0.15) is 5.75 Å². The first-order chi connectivity index (χ1) is 14.1. The normalized spacial score (nSPS) is 17.8. The maximum atomic E-state index is 12.6. The molecular formula is C23H38N2O4. The Labute approximate surface area is 176 Å². The lowest BCUT2D eigenvalue weighted by Gasteiger charge is -2.34. The first kappa shape index (κ1) is 23.8. The molecule has 0 amide bonds. The molecule has 6 nitrogen and oxygen atoms in total. The fourth-order valence-corrected chi connectivity index (χ4v) is 3.79. The van der Waals surface area contributed by atoms with Crippen LogP contribution in [0.25, 0.3) is 0 Å². The fourth-order valence-electron chi connectivity index (χ4n) is 3.79. The predicted octanol–water partition coefficient (Wildman–Crippen LogP) is 3.34. The van der Waals surface area contributed by atoms with Crippen LogP contribution in [-0.4, -0.2) is 74.9 Å². The molecule has 1 fully saturated rings. The molecule has 1 aliphatic heterocycles. The first-order valence-corrected chi connectivity index (χ1v) is 10.9. The van der Waals surface area contributed by atoms with E-state index in [1.807, 2.05) is 24.3 Å². The summed E-state index contributed by atoms with van der Waals surface area (Å²) in [6.45, 7) is 10.5. The van der Waals surface area contributed by atoms with E-state index in [0.29, 0.717) is 5.75 Å². The number of nitrogens with zero attached hydrogens (tertiary/aromatic N) is 2. The third-order valence-electron chi connectivity index (χ3n) is 5.73. The zero-order valence-electron chi connectivity index (χ0n) is 18.6. The van der Waals surface area contributed by atoms with Crippen LogP contribution in [0.2, 0.25) is 0 Å². The van der Waals surface area contributed by atoms with Crippen LogP contribution in [0.3, 0.4) is 0 Å². The van der Waals surface area contributed by atoms with Gasteiger partial charge in [-0.05, 0) is 19.0 Å². The Balaban J connectivity index is 1.94. The van der Waals surface area contributed by atoms with Crippen molar-refractivity contribution >= 4 is 5.97 Å². The van der Waals surface area contributed by atoms with E-state index in [2.05, 4.69) is 23.6 Å². The summed E-state index contributed by atoms with van der Waals surface area (Å²) < 4.78 is 16.8. The molecular weight excluding hydrogens is 368 g/mol. The summed E-state index contributed by atoms with van der Waals surface area (Å²) in [5.74, 6) is 0.367. The largest absolute Gasteiger partial charge is 0.426 e. The molecule has 1 aromatic carbocycles. The van der Waals surface area contributed by atoms with Crippen LogP contribution in [-0.2, 0) is 20.8 Å². The second-order valence-electron chi connectivity index (χ2n) is 7.69. The number of ether oxygens (including phenoxy) is 3. The number of methoxy groups -OCH3 is 2. The van der Waals surface area contributed by atoms with Gasteiger partial charge in [0, 0.05) is 52.5 Å². The standard InChI is InChI=1S/C23H38N2O4/c1-5-7-11-21(27-3)22(28-4)17-23(26)29-20-12-9-8-10-19(20)18-25-15-13-24(6-2)14-16-25/h8-10,12,21-22H,5-7,11,13-18H2,1-4H3. The molecule has 0 aromatic heterocycles. The molecule has 0 aliphatic carbocycles. The molecule has 0 radical (unpaired) electrons. The lowest BCUT2D eigenvalue weighted by atomic mass is 10.0. The minimum absolute atomic E-state index is 0.0994. The Morgan fingerprint density at radius 2 is 1.66 bits per heavy atom. The number of carbonyl (C=O) groups excluding carboxylic acids is 1. The van der Waals surface area contributed by atoms with Crippen molar-refractivity contribution in [3.8, 4) is 5.75 Å². The number of unbranched alkanes of at least 4 members (excludes halogenated alkanes) is 1. The van der Waals surface area contributed by atoms with Crippen LogP contribution in [0, 0.1) is 0 Å². The van der Waals surface area contributed by atoms with E-state index in [9.17, 15) is 4.79 Å². The number of hydrogen-bond donors (Lipinski definition) is 0. The van der Waals surface area contributed by atoms with E-state index in [1.54, 1.807) is 14.2 Å². The Morgan fingerprint density at radius 1 is 1.00 bits per heavy atom. The zero-order valence-corrected chi connectivity index (χ0v) is 18.6. The van der Waals surface area contributed by atoms with Gasteiger partial charge in [-0.2, -0.15) is 0 Å².